The minimum Gasteiger partial charge on any atom is -0.316 e. The van der Waals surface area contributed by atoms with E-state index in [0.717, 1.165) is 16.7 Å². The maximum absolute atomic E-state index is 4.67. The van der Waals surface area contributed by atoms with Gasteiger partial charge in [-0.15, -0.1) is 10.5 Å². The molecule has 2 heteroatoms. The van der Waals surface area contributed by atoms with E-state index in [4.69, 9.17) is 0 Å². The Morgan fingerprint density at radius 3 is 2.06 bits per heavy atom. The lowest BCUT2D eigenvalue weighted by atomic mass is 9.95. The molecular formula is C14H18N2. The number of benzene rings is 1. The molecule has 0 amide bonds. The van der Waals surface area contributed by atoms with E-state index in [1.807, 2.05) is 18.5 Å². The van der Waals surface area contributed by atoms with E-state index in [2.05, 4.69) is 38.9 Å². The van der Waals surface area contributed by atoms with Crippen LogP contribution in [0.1, 0.15) is 28.1 Å². The number of hydrogen-bond donors (Lipinski definition) is 0. The van der Waals surface area contributed by atoms with Crippen LogP contribution in [0.15, 0.2) is 0 Å². The van der Waals surface area contributed by atoms with Crippen molar-refractivity contribution in [3.05, 3.63) is 34.3 Å². The van der Waals surface area contributed by atoms with Crippen molar-refractivity contribution in [2.45, 2.75) is 34.6 Å². The summed E-state index contributed by atoms with van der Waals surface area (Å²) in [4.78, 5) is 4.67. The average Bonchev–Trinajstić information content (AvgIpc) is 2.26. The molecule has 84 valence electrons. The highest BCUT2D eigenvalue weighted by atomic mass is 15.0. The third kappa shape index (κ3) is 1.41. The molecule has 0 fully saturated rings. The maximum atomic E-state index is 4.67. The molecule has 1 heterocycles. The van der Waals surface area contributed by atoms with Gasteiger partial charge in [-0.2, -0.15) is 0 Å². The first-order chi connectivity index (χ1) is 7.43. The molecule has 2 aromatic rings. The number of nitrogens with zero attached hydrogens (tertiary/aromatic N) is 2. The van der Waals surface area contributed by atoms with Gasteiger partial charge in [-0.3, -0.25) is 0 Å². The molecule has 0 spiro atoms. The SMILES string of the molecule is Cc1c(C)c(C)c2nc(C)[n+](C)[c-]c2c1C. The Morgan fingerprint density at radius 2 is 1.44 bits per heavy atom. The van der Waals surface area contributed by atoms with Crippen LogP contribution in [-0.4, -0.2) is 4.98 Å². The molecule has 0 aliphatic carbocycles. The Kier molecular flexibility index (Phi) is 2.45. The van der Waals surface area contributed by atoms with Crippen molar-refractivity contribution >= 4 is 10.9 Å². The molecular weight excluding hydrogens is 196 g/mol. The van der Waals surface area contributed by atoms with Crippen LogP contribution in [0.3, 0.4) is 0 Å². The van der Waals surface area contributed by atoms with Crippen molar-refractivity contribution in [1.82, 2.24) is 4.98 Å². The Labute approximate surface area is 97.0 Å². The third-order valence-corrected chi connectivity index (χ3v) is 3.69. The second kappa shape index (κ2) is 3.55. The minimum atomic E-state index is 0.998. The van der Waals surface area contributed by atoms with E-state index in [-0.39, 0.29) is 0 Å². The summed E-state index contributed by atoms with van der Waals surface area (Å²) in [7, 11) is 1.99. The predicted molar refractivity (Wildman–Crippen MR) is 65.4 cm³/mol. The molecule has 0 saturated carbocycles. The smallest absolute Gasteiger partial charge is 0.214 e. The van der Waals surface area contributed by atoms with E-state index >= 15 is 0 Å². The fourth-order valence-corrected chi connectivity index (χ4v) is 2.05. The summed E-state index contributed by atoms with van der Waals surface area (Å²) in [5, 5.41) is 1.15. The van der Waals surface area contributed by atoms with Crippen LogP contribution < -0.4 is 4.57 Å². The van der Waals surface area contributed by atoms with E-state index in [1.165, 1.54) is 22.3 Å². The van der Waals surface area contributed by atoms with Gasteiger partial charge in [-0.05, 0) is 26.3 Å². The van der Waals surface area contributed by atoms with Crippen LogP contribution in [0.5, 0.6) is 0 Å². The molecule has 2 rings (SSSR count). The summed E-state index contributed by atoms with van der Waals surface area (Å²) in [6.07, 6.45) is 3.39. The minimum absolute atomic E-state index is 0.998. The summed E-state index contributed by atoms with van der Waals surface area (Å²) in [5.41, 5.74) is 6.36. The molecule has 0 N–H and O–H groups in total. The lowest BCUT2D eigenvalue weighted by Gasteiger charge is -2.16. The summed E-state index contributed by atoms with van der Waals surface area (Å²) in [5.74, 6) is 0.998. The topological polar surface area (TPSA) is 16.8 Å². The van der Waals surface area contributed by atoms with Gasteiger partial charge >= 0.3 is 0 Å². The number of aromatic nitrogens is 2. The molecule has 0 aliphatic rings. The molecule has 16 heavy (non-hydrogen) atoms. The summed E-state index contributed by atoms with van der Waals surface area (Å²) < 4.78 is 1.96. The molecule has 1 aromatic heterocycles. The fourth-order valence-electron chi connectivity index (χ4n) is 2.05. The Balaban J connectivity index is 3.02. The summed E-state index contributed by atoms with van der Waals surface area (Å²) in [6, 6.07) is 0. The molecule has 0 unspecified atom stereocenters. The molecule has 0 saturated heterocycles. The first-order valence-corrected chi connectivity index (χ1v) is 5.59. The van der Waals surface area contributed by atoms with Gasteiger partial charge in [0, 0.05) is 6.92 Å². The van der Waals surface area contributed by atoms with Crippen LogP contribution in [0, 0.1) is 40.8 Å². The molecule has 0 aliphatic heterocycles. The second-order valence-corrected chi connectivity index (χ2v) is 4.55. The predicted octanol–water partition coefficient (Wildman–Crippen LogP) is 2.40. The van der Waals surface area contributed by atoms with Crippen molar-refractivity contribution in [3.8, 4) is 0 Å². The van der Waals surface area contributed by atoms with Crippen LogP contribution >= 0.6 is 0 Å². The van der Waals surface area contributed by atoms with Gasteiger partial charge in [0.2, 0.25) is 5.82 Å². The van der Waals surface area contributed by atoms with Gasteiger partial charge in [-0.25, -0.2) is 0 Å². The van der Waals surface area contributed by atoms with Crippen molar-refractivity contribution < 1.29 is 4.57 Å². The third-order valence-electron chi connectivity index (χ3n) is 3.69. The number of aryl methyl sites for hydroxylation is 4. The van der Waals surface area contributed by atoms with Gasteiger partial charge < -0.3 is 4.57 Å². The van der Waals surface area contributed by atoms with Crippen LogP contribution in [0.2, 0.25) is 0 Å². The zero-order valence-corrected chi connectivity index (χ0v) is 10.9. The zero-order chi connectivity index (χ0) is 12.0. The van der Waals surface area contributed by atoms with Crippen LogP contribution in [0.25, 0.3) is 10.9 Å². The van der Waals surface area contributed by atoms with Crippen molar-refractivity contribution in [1.29, 1.82) is 0 Å². The monoisotopic (exact) mass is 214 g/mol. The molecule has 2 nitrogen and oxygen atoms in total. The van der Waals surface area contributed by atoms with Crippen molar-refractivity contribution in [2.75, 3.05) is 0 Å². The quantitative estimate of drug-likeness (QED) is 0.486. The highest BCUT2D eigenvalue weighted by Gasteiger charge is 2.09. The molecule has 0 bridgehead atoms. The maximum Gasteiger partial charge on any atom is 0.214 e. The van der Waals surface area contributed by atoms with Gasteiger partial charge in [0.05, 0.1) is 18.8 Å². The first-order valence-electron chi connectivity index (χ1n) is 5.59. The second-order valence-electron chi connectivity index (χ2n) is 4.55. The largest absolute Gasteiger partial charge is 0.316 e. The first kappa shape index (κ1) is 11.1. The highest BCUT2D eigenvalue weighted by molar-refractivity contribution is 5.85. The van der Waals surface area contributed by atoms with Gasteiger partial charge in [0.25, 0.3) is 0 Å². The number of rotatable bonds is 0. The summed E-state index contributed by atoms with van der Waals surface area (Å²) >= 11 is 0. The Bertz CT molecular complexity index is 531. The fraction of sp³-hybridized carbons (Fsp3) is 0.429. The Morgan fingerprint density at radius 1 is 0.875 bits per heavy atom. The van der Waals surface area contributed by atoms with Gasteiger partial charge in [-0.1, -0.05) is 23.4 Å². The standard InChI is InChI=1S/C14H18N2/c1-8-9(2)11(4)14-13(10(8)3)7-16(6)12(5)15-14/h1-6H3. The van der Waals surface area contributed by atoms with Crippen molar-refractivity contribution in [3.63, 3.8) is 0 Å². The number of hydrogen-bond acceptors (Lipinski definition) is 1. The molecule has 0 atom stereocenters. The summed E-state index contributed by atoms with van der Waals surface area (Å²) in [6.45, 7) is 10.6. The van der Waals surface area contributed by atoms with E-state index in [1.54, 1.807) is 0 Å². The number of fused-ring (bicyclic) bond motifs is 1. The van der Waals surface area contributed by atoms with Crippen LogP contribution in [-0.2, 0) is 7.05 Å². The van der Waals surface area contributed by atoms with E-state index in [0.29, 0.717) is 0 Å². The molecule has 0 radical (unpaired) electrons. The van der Waals surface area contributed by atoms with Gasteiger partial charge in [0.1, 0.15) is 0 Å². The van der Waals surface area contributed by atoms with E-state index in [9.17, 15) is 0 Å². The zero-order valence-electron chi connectivity index (χ0n) is 10.9. The van der Waals surface area contributed by atoms with Gasteiger partial charge in [0.15, 0.2) is 0 Å². The van der Waals surface area contributed by atoms with Crippen LogP contribution in [0.4, 0.5) is 0 Å². The van der Waals surface area contributed by atoms with Crippen molar-refractivity contribution in [2.24, 2.45) is 7.05 Å². The normalized spacial score (nSPS) is 11.1. The van der Waals surface area contributed by atoms with E-state index < -0.39 is 0 Å². The average molecular weight is 214 g/mol. The highest BCUT2D eigenvalue weighted by Crippen LogP contribution is 2.26. The molecule has 1 aromatic carbocycles. The lowest BCUT2D eigenvalue weighted by Crippen LogP contribution is -2.33. The Hall–Kier alpha value is -1.44. The lowest BCUT2D eigenvalue weighted by molar-refractivity contribution is -0.683.